The summed E-state index contributed by atoms with van der Waals surface area (Å²) < 4.78 is 39.9. The molecule has 0 saturated carbocycles. The van der Waals surface area contributed by atoms with Crippen LogP contribution in [0, 0.1) is 0 Å². The van der Waals surface area contributed by atoms with Crippen LogP contribution in [0.1, 0.15) is 15.9 Å². The highest BCUT2D eigenvalue weighted by atomic mass is 35.5. The van der Waals surface area contributed by atoms with Crippen molar-refractivity contribution in [3.05, 3.63) is 75.0 Å². The lowest BCUT2D eigenvalue weighted by Gasteiger charge is -2.14. The molecule has 2 amide bonds. The number of anilines is 1. The van der Waals surface area contributed by atoms with Crippen LogP contribution in [-0.4, -0.2) is 23.4 Å². The van der Waals surface area contributed by atoms with Gasteiger partial charge in [0.1, 0.15) is 6.54 Å². The monoisotopic (exact) mass is 437 g/mol. The molecule has 0 fully saturated rings. The summed E-state index contributed by atoms with van der Waals surface area (Å²) in [5.41, 5.74) is -1.34. The van der Waals surface area contributed by atoms with Crippen molar-refractivity contribution in [2.24, 2.45) is 0 Å². The fraction of sp³-hybridized carbons (Fsp3) is 0.150. The van der Waals surface area contributed by atoms with Crippen molar-refractivity contribution in [1.29, 1.82) is 0 Å². The smallest absolute Gasteiger partial charge is 0.355 e. The third kappa shape index (κ3) is 4.30. The second-order valence-electron chi connectivity index (χ2n) is 6.32. The first-order valence-corrected chi connectivity index (χ1v) is 9.01. The SMILES string of the molecule is CNC(=O)c1cc(=O)n(CC(=O)Nc2cc(C(F)(F)F)ccc2Cl)c2ccccc12. The minimum Gasteiger partial charge on any atom is -0.355 e. The van der Waals surface area contributed by atoms with Gasteiger partial charge in [0, 0.05) is 18.5 Å². The van der Waals surface area contributed by atoms with Crippen molar-refractivity contribution in [1.82, 2.24) is 9.88 Å². The van der Waals surface area contributed by atoms with E-state index in [-0.39, 0.29) is 16.3 Å². The lowest BCUT2D eigenvalue weighted by molar-refractivity contribution is -0.137. The fourth-order valence-corrected chi connectivity index (χ4v) is 3.12. The van der Waals surface area contributed by atoms with Gasteiger partial charge in [-0.15, -0.1) is 0 Å². The van der Waals surface area contributed by atoms with Gasteiger partial charge in [-0.3, -0.25) is 19.0 Å². The van der Waals surface area contributed by atoms with Crippen LogP contribution < -0.4 is 16.2 Å². The number of para-hydroxylation sites is 1. The first-order valence-electron chi connectivity index (χ1n) is 8.63. The second kappa shape index (κ2) is 8.19. The molecule has 156 valence electrons. The average molecular weight is 438 g/mol. The number of pyridine rings is 1. The van der Waals surface area contributed by atoms with Gasteiger partial charge < -0.3 is 10.6 Å². The fourth-order valence-electron chi connectivity index (χ4n) is 2.95. The standard InChI is InChI=1S/C20H15ClF3N3O3/c1-25-19(30)13-9-18(29)27(16-5-3-2-4-12(13)16)10-17(28)26-15-8-11(20(22,23)24)6-7-14(15)21/h2-9H,10H2,1H3,(H,25,30)(H,26,28). The second-order valence-corrected chi connectivity index (χ2v) is 6.73. The van der Waals surface area contributed by atoms with E-state index in [1.165, 1.54) is 7.05 Å². The topological polar surface area (TPSA) is 80.2 Å². The molecule has 0 atom stereocenters. The Hall–Kier alpha value is -3.33. The van der Waals surface area contributed by atoms with Gasteiger partial charge in [0.25, 0.3) is 11.5 Å². The summed E-state index contributed by atoms with van der Waals surface area (Å²) in [6, 6.07) is 10.1. The van der Waals surface area contributed by atoms with Crippen LogP contribution in [0.4, 0.5) is 18.9 Å². The number of hydrogen-bond donors (Lipinski definition) is 2. The van der Waals surface area contributed by atoms with Gasteiger partial charge >= 0.3 is 6.18 Å². The van der Waals surface area contributed by atoms with Crippen LogP contribution in [-0.2, 0) is 17.5 Å². The number of alkyl halides is 3. The van der Waals surface area contributed by atoms with Crippen LogP contribution in [0.5, 0.6) is 0 Å². The number of amides is 2. The van der Waals surface area contributed by atoms with E-state index in [2.05, 4.69) is 10.6 Å². The Kier molecular flexibility index (Phi) is 5.84. The number of benzene rings is 2. The number of carbonyl (C=O) groups is 2. The van der Waals surface area contributed by atoms with Gasteiger partial charge in [0.15, 0.2) is 0 Å². The predicted octanol–water partition coefficient (Wildman–Crippen LogP) is 3.67. The Morgan fingerprint density at radius 2 is 1.80 bits per heavy atom. The van der Waals surface area contributed by atoms with Crippen molar-refractivity contribution in [3.63, 3.8) is 0 Å². The van der Waals surface area contributed by atoms with E-state index in [0.717, 1.165) is 28.8 Å². The van der Waals surface area contributed by atoms with Crippen molar-refractivity contribution in [2.45, 2.75) is 12.7 Å². The van der Waals surface area contributed by atoms with Crippen molar-refractivity contribution < 1.29 is 22.8 Å². The first-order chi connectivity index (χ1) is 14.1. The number of rotatable bonds is 4. The number of fused-ring (bicyclic) bond motifs is 1. The zero-order valence-corrected chi connectivity index (χ0v) is 16.3. The molecular weight excluding hydrogens is 423 g/mol. The summed E-state index contributed by atoms with van der Waals surface area (Å²) in [5, 5.41) is 5.11. The van der Waals surface area contributed by atoms with Crippen LogP contribution >= 0.6 is 11.6 Å². The van der Waals surface area contributed by atoms with Crippen LogP contribution in [0.15, 0.2) is 53.3 Å². The lowest BCUT2D eigenvalue weighted by Crippen LogP contribution is -2.30. The van der Waals surface area contributed by atoms with E-state index in [0.29, 0.717) is 10.9 Å². The third-order valence-corrected chi connectivity index (χ3v) is 4.69. The molecule has 6 nitrogen and oxygen atoms in total. The number of nitrogens with one attached hydrogen (secondary N) is 2. The van der Waals surface area contributed by atoms with Gasteiger partial charge in [-0.1, -0.05) is 29.8 Å². The Morgan fingerprint density at radius 1 is 1.10 bits per heavy atom. The molecule has 0 unspecified atom stereocenters. The van der Waals surface area contributed by atoms with E-state index in [9.17, 15) is 27.6 Å². The van der Waals surface area contributed by atoms with E-state index in [1.54, 1.807) is 24.3 Å². The molecule has 0 aliphatic rings. The minimum absolute atomic E-state index is 0.0801. The van der Waals surface area contributed by atoms with Gasteiger partial charge in [0.05, 0.1) is 27.4 Å². The molecule has 0 saturated heterocycles. The van der Waals surface area contributed by atoms with E-state index >= 15 is 0 Å². The predicted molar refractivity (Wildman–Crippen MR) is 107 cm³/mol. The maximum Gasteiger partial charge on any atom is 0.416 e. The van der Waals surface area contributed by atoms with Crippen LogP contribution in [0.3, 0.4) is 0 Å². The quantitative estimate of drug-likeness (QED) is 0.653. The zero-order valence-electron chi connectivity index (χ0n) is 15.5. The Labute approximate surface area is 173 Å². The normalized spacial score (nSPS) is 11.4. The van der Waals surface area contributed by atoms with Crippen molar-refractivity contribution in [3.8, 4) is 0 Å². The molecule has 0 bridgehead atoms. The van der Waals surface area contributed by atoms with E-state index in [1.807, 2.05) is 0 Å². The van der Waals surface area contributed by atoms with Crippen LogP contribution in [0.25, 0.3) is 10.9 Å². The average Bonchev–Trinajstić information content (AvgIpc) is 2.70. The number of nitrogens with zero attached hydrogens (tertiary/aromatic N) is 1. The van der Waals surface area contributed by atoms with Gasteiger partial charge in [-0.25, -0.2) is 0 Å². The molecule has 30 heavy (non-hydrogen) atoms. The number of aromatic nitrogens is 1. The number of carbonyl (C=O) groups excluding carboxylic acids is 2. The summed E-state index contributed by atoms with van der Waals surface area (Å²) in [4.78, 5) is 37.1. The maximum absolute atomic E-state index is 12.9. The van der Waals surface area contributed by atoms with Crippen molar-refractivity contribution >= 4 is 40.0 Å². The third-order valence-electron chi connectivity index (χ3n) is 4.36. The highest BCUT2D eigenvalue weighted by Crippen LogP contribution is 2.33. The van der Waals surface area contributed by atoms with E-state index < -0.39 is 35.7 Å². The Morgan fingerprint density at radius 3 is 2.47 bits per heavy atom. The molecule has 2 N–H and O–H groups in total. The lowest BCUT2D eigenvalue weighted by atomic mass is 10.1. The number of hydrogen-bond acceptors (Lipinski definition) is 3. The molecule has 0 radical (unpaired) electrons. The summed E-state index contributed by atoms with van der Waals surface area (Å²) in [6.45, 7) is -0.486. The summed E-state index contributed by atoms with van der Waals surface area (Å²) in [6.07, 6.45) is -4.60. The molecule has 0 aliphatic carbocycles. The molecule has 2 aromatic carbocycles. The zero-order chi connectivity index (χ0) is 22.1. The van der Waals surface area contributed by atoms with Gasteiger partial charge in [0.2, 0.25) is 5.91 Å². The molecular formula is C20H15ClF3N3O3. The molecule has 0 aliphatic heterocycles. The molecule has 3 aromatic rings. The maximum atomic E-state index is 12.9. The molecule has 3 rings (SSSR count). The Balaban J connectivity index is 1.96. The summed E-state index contributed by atoms with van der Waals surface area (Å²) in [5.74, 6) is -1.22. The number of halogens is 4. The first kappa shape index (κ1) is 21.4. The molecule has 1 aromatic heterocycles. The Bertz CT molecular complexity index is 1210. The van der Waals surface area contributed by atoms with Crippen molar-refractivity contribution in [2.75, 3.05) is 12.4 Å². The molecule has 10 heteroatoms. The van der Waals surface area contributed by atoms with Crippen LogP contribution in [0.2, 0.25) is 5.02 Å². The molecule has 0 spiro atoms. The summed E-state index contributed by atoms with van der Waals surface area (Å²) in [7, 11) is 1.43. The van der Waals surface area contributed by atoms with Gasteiger partial charge in [-0.05, 0) is 24.3 Å². The highest BCUT2D eigenvalue weighted by molar-refractivity contribution is 6.33. The van der Waals surface area contributed by atoms with Gasteiger partial charge in [-0.2, -0.15) is 13.2 Å². The summed E-state index contributed by atoms with van der Waals surface area (Å²) >= 11 is 5.90. The highest BCUT2D eigenvalue weighted by Gasteiger charge is 2.31. The largest absolute Gasteiger partial charge is 0.416 e. The minimum atomic E-state index is -4.60. The van der Waals surface area contributed by atoms with E-state index in [4.69, 9.17) is 11.6 Å². The molecule has 1 heterocycles.